The van der Waals surface area contributed by atoms with Gasteiger partial charge in [0.1, 0.15) is 4.32 Å². The van der Waals surface area contributed by atoms with E-state index in [1.807, 2.05) is 42.7 Å². The Morgan fingerprint density at radius 1 is 1.19 bits per heavy atom. The lowest BCUT2D eigenvalue weighted by Gasteiger charge is -2.41. The minimum absolute atomic E-state index is 0.223. The molecule has 2 fully saturated rings. The molecule has 0 bridgehead atoms. The second-order valence-electron chi connectivity index (χ2n) is 7.06. The molecule has 26 heavy (non-hydrogen) atoms. The fourth-order valence-electron chi connectivity index (χ4n) is 3.96. The van der Waals surface area contributed by atoms with Crippen molar-refractivity contribution < 1.29 is 4.74 Å². The number of nitrogens with zero attached hydrogens (tertiary/aromatic N) is 2. The lowest BCUT2D eigenvalue weighted by Crippen LogP contribution is -2.50. The molecule has 4 rings (SSSR count). The molecule has 0 radical (unpaired) electrons. The molecule has 2 aromatic carbocycles. The molecule has 0 N–H and O–H groups in total. The van der Waals surface area contributed by atoms with E-state index < -0.39 is 0 Å². The highest BCUT2D eigenvalue weighted by Gasteiger charge is 2.42. The van der Waals surface area contributed by atoms with Gasteiger partial charge in [0.15, 0.2) is 0 Å². The highest BCUT2D eigenvalue weighted by molar-refractivity contribution is 8.22. The van der Waals surface area contributed by atoms with E-state index in [0.717, 1.165) is 39.0 Å². The van der Waals surface area contributed by atoms with Gasteiger partial charge < -0.3 is 4.74 Å². The molecule has 1 aliphatic carbocycles. The first-order chi connectivity index (χ1) is 12.6. The van der Waals surface area contributed by atoms with Crippen molar-refractivity contribution in [3.05, 3.63) is 41.4 Å². The van der Waals surface area contributed by atoms with Crippen LogP contribution in [0.15, 0.2) is 41.4 Å². The summed E-state index contributed by atoms with van der Waals surface area (Å²) in [7, 11) is 0. The van der Waals surface area contributed by atoms with Crippen LogP contribution in [0.2, 0.25) is 5.02 Å². The number of thioether (sulfide) groups is 1. The molecule has 0 aromatic heterocycles. The Hall–Kier alpha value is -1.30. The monoisotopic (exact) mass is 404 g/mol. The third-order valence-corrected chi connectivity index (χ3v) is 6.97. The Bertz CT molecular complexity index is 877. The summed E-state index contributed by atoms with van der Waals surface area (Å²) in [6.07, 6.45) is 6.97. The summed E-state index contributed by atoms with van der Waals surface area (Å²) in [6.45, 7) is 1.63. The highest BCUT2D eigenvalue weighted by atomic mass is 35.5. The average Bonchev–Trinajstić information content (AvgIpc) is 3.13. The van der Waals surface area contributed by atoms with Crippen molar-refractivity contribution >= 4 is 62.4 Å². The third kappa shape index (κ3) is 3.32. The first-order valence-corrected chi connectivity index (χ1v) is 10.9. The predicted molar refractivity (Wildman–Crippen MR) is 116 cm³/mol. The molecule has 0 atom stereocenters. The molecule has 1 aliphatic heterocycles. The van der Waals surface area contributed by atoms with Crippen LogP contribution in [0.4, 0.5) is 5.69 Å². The van der Waals surface area contributed by atoms with E-state index in [4.69, 9.17) is 33.5 Å². The van der Waals surface area contributed by atoms with Gasteiger partial charge in [-0.1, -0.05) is 72.7 Å². The maximum Gasteiger partial charge on any atom is 0.298 e. The molecule has 6 heteroatoms. The number of halogens is 1. The molecular formula is C20H21ClN2OS2. The number of hydrogen-bond acceptors (Lipinski definition) is 4. The Kier molecular flexibility index (Phi) is 5.13. The average molecular weight is 405 g/mol. The lowest BCUT2D eigenvalue weighted by atomic mass is 9.86. The molecule has 0 amide bonds. The number of amidine groups is 1. The highest BCUT2D eigenvalue weighted by Crippen LogP contribution is 2.42. The molecule has 136 valence electrons. The van der Waals surface area contributed by atoms with Crippen molar-refractivity contribution in [2.45, 2.75) is 25.7 Å². The summed E-state index contributed by atoms with van der Waals surface area (Å²) in [4.78, 5) is 6.93. The van der Waals surface area contributed by atoms with Gasteiger partial charge in [-0.25, -0.2) is 0 Å². The molecular weight excluding hydrogens is 384 g/mol. The normalized spacial score (nSPS) is 20.7. The molecule has 3 nitrogen and oxygen atoms in total. The van der Waals surface area contributed by atoms with Gasteiger partial charge in [0.25, 0.3) is 6.02 Å². The zero-order chi connectivity index (χ0) is 18.1. The molecule has 1 spiro atoms. The van der Waals surface area contributed by atoms with Crippen LogP contribution in [-0.2, 0) is 4.74 Å². The van der Waals surface area contributed by atoms with E-state index in [0.29, 0.717) is 6.02 Å². The van der Waals surface area contributed by atoms with Crippen LogP contribution in [0, 0.1) is 5.41 Å². The summed E-state index contributed by atoms with van der Waals surface area (Å²) < 4.78 is 6.99. The first kappa shape index (κ1) is 18.1. The van der Waals surface area contributed by atoms with E-state index in [2.05, 4.69) is 4.90 Å². The number of aliphatic imine (C=N–C) groups is 1. The maximum atomic E-state index is 6.34. The number of thiocarbonyl (C=S) groups is 1. The summed E-state index contributed by atoms with van der Waals surface area (Å²) in [5.41, 5.74) is 1.08. The van der Waals surface area contributed by atoms with Gasteiger partial charge in [0, 0.05) is 27.8 Å². The fourth-order valence-corrected chi connectivity index (χ4v) is 4.70. The van der Waals surface area contributed by atoms with Gasteiger partial charge in [-0.05, 0) is 31.2 Å². The standard InChI is InChI=1S/C20H21ClN2OS2/c1-26-19(25)23-12-20(10-4-5-11-20)13-24-18(23)22-17-9-8-16(21)14-6-2-3-7-15(14)17/h2-3,6-9H,4-5,10-13H2,1H3. The van der Waals surface area contributed by atoms with E-state index in [9.17, 15) is 0 Å². The van der Waals surface area contributed by atoms with E-state index in [1.165, 1.54) is 25.7 Å². The van der Waals surface area contributed by atoms with Gasteiger partial charge in [-0.3, -0.25) is 4.90 Å². The Balaban J connectivity index is 1.74. The third-order valence-electron chi connectivity index (χ3n) is 5.36. The zero-order valence-electron chi connectivity index (χ0n) is 14.7. The smallest absolute Gasteiger partial charge is 0.298 e. The maximum absolute atomic E-state index is 6.34. The SMILES string of the molecule is CSC(=S)N1CC2(CCCC2)COC1=Nc1ccc(Cl)c2ccccc12. The number of hydrogen-bond donors (Lipinski definition) is 0. The van der Waals surface area contributed by atoms with Gasteiger partial charge in [-0.15, -0.1) is 0 Å². The fraction of sp³-hybridized carbons (Fsp3) is 0.400. The second-order valence-corrected chi connectivity index (χ2v) is 8.91. The molecule has 1 heterocycles. The van der Waals surface area contributed by atoms with Crippen LogP contribution in [-0.4, -0.2) is 34.6 Å². The summed E-state index contributed by atoms with van der Waals surface area (Å²) >= 11 is 13.5. The Morgan fingerprint density at radius 3 is 2.65 bits per heavy atom. The van der Waals surface area contributed by atoms with Gasteiger partial charge in [0.05, 0.1) is 12.3 Å². The van der Waals surface area contributed by atoms with Crippen molar-refractivity contribution in [1.82, 2.24) is 4.90 Å². The van der Waals surface area contributed by atoms with Crippen LogP contribution in [0.1, 0.15) is 25.7 Å². The van der Waals surface area contributed by atoms with Crippen LogP contribution in [0.5, 0.6) is 0 Å². The van der Waals surface area contributed by atoms with Gasteiger partial charge in [-0.2, -0.15) is 4.99 Å². The number of benzene rings is 2. The number of ether oxygens (including phenoxy) is 1. The van der Waals surface area contributed by atoms with E-state index in [-0.39, 0.29) is 5.41 Å². The van der Waals surface area contributed by atoms with Gasteiger partial charge >= 0.3 is 0 Å². The van der Waals surface area contributed by atoms with Gasteiger partial charge in [0.2, 0.25) is 0 Å². The minimum Gasteiger partial charge on any atom is -0.464 e. The lowest BCUT2D eigenvalue weighted by molar-refractivity contribution is 0.0714. The Labute approximate surface area is 168 Å². The first-order valence-electron chi connectivity index (χ1n) is 8.86. The molecule has 1 saturated carbocycles. The van der Waals surface area contributed by atoms with Crippen molar-refractivity contribution in [3.63, 3.8) is 0 Å². The zero-order valence-corrected chi connectivity index (χ0v) is 17.1. The van der Waals surface area contributed by atoms with Crippen molar-refractivity contribution in [2.24, 2.45) is 10.4 Å². The predicted octanol–water partition coefficient (Wildman–Crippen LogP) is 6.02. The molecule has 0 unspecified atom stereocenters. The van der Waals surface area contributed by atoms with Crippen LogP contribution in [0.25, 0.3) is 10.8 Å². The van der Waals surface area contributed by atoms with Crippen LogP contribution in [0.3, 0.4) is 0 Å². The number of rotatable bonds is 1. The molecule has 1 saturated heterocycles. The summed E-state index contributed by atoms with van der Waals surface area (Å²) in [5, 5.41) is 2.75. The van der Waals surface area contributed by atoms with Crippen molar-refractivity contribution in [3.8, 4) is 0 Å². The summed E-state index contributed by atoms with van der Waals surface area (Å²) in [6, 6.07) is 12.5. The quantitative estimate of drug-likeness (QED) is 0.542. The van der Waals surface area contributed by atoms with Crippen molar-refractivity contribution in [2.75, 3.05) is 19.4 Å². The van der Waals surface area contributed by atoms with E-state index in [1.54, 1.807) is 11.8 Å². The Morgan fingerprint density at radius 2 is 1.92 bits per heavy atom. The van der Waals surface area contributed by atoms with Crippen molar-refractivity contribution in [1.29, 1.82) is 0 Å². The largest absolute Gasteiger partial charge is 0.464 e. The molecule has 2 aliphatic rings. The van der Waals surface area contributed by atoms with Crippen LogP contribution >= 0.6 is 35.6 Å². The van der Waals surface area contributed by atoms with E-state index >= 15 is 0 Å². The molecule has 2 aromatic rings. The summed E-state index contributed by atoms with van der Waals surface area (Å²) in [5.74, 6) is 0. The topological polar surface area (TPSA) is 24.8 Å². The minimum atomic E-state index is 0.223. The van der Waals surface area contributed by atoms with Crippen LogP contribution < -0.4 is 0 Å². The second kappa shape index (κ2) is 7.37. The number of fused-ring (bicyclic) bond motifs is 1.